The first-order valence-electron chi connectivity index (χ1n) is 8.03. The molecule has 7 nitrogen and oxygen atoms in total. The Bertz CT molecular complexity index is 792. The molecule has 10 heteroatoms. The number of rotatable bonds is 5. The molecule has 0 saturated carbocycles. The van der Waals surface area contributed by atoms with Crippen LogP contribution in [-0.2, 0) is 9.59 Å². The number of nitrogens with zero attached hydrogens (tertiary/aromatic N) is 4. The van der Waals surface area contributed by atoms with E-state index in [2.05, 4.69) is 15.5 Å². The quantitative estimate of drug-likeness (QED) is 0.762. The van der Waals surface area contributed by atoms with Crippen LogP contribution in [0.3, 0.4) is 0 Å². The molecule has 0 unspecified atom stereocenters. The summed E-state index contributed by atoms with van der Waals surface area (Å²) >= 11 is 8.72. The number of amides is 2. The van der Waals surface area contributed by atoms with E-state index in [9.17, 15) is 9.59 Å². The zero-order valence-corrected chi connectivity index (χ0v) is 16.5. The highest BCUT2D eigenvalue weighted by molar-refractivity contribution is 8.01. The van der Waals surface area contributed by atoms with Crippen LogP contribution in [0.25, 0.3) is 0 Å². The molecule has 1 fully saturated rings. The van der Waals surface area contributed by atoms with E-state index in [4.69, 9.17) is 11.6 Å². The maximum Gasteiger partial charge on any atom is 0.233 e. The number of aromatic nitrogens is 2. The van der Waals surface area contributed by atoms with Gasteiger partial charge >= 0.3 is 0 Å². The lowest BCUT2D eigenvalue weighted by molar-refractivity contribution is -0.136. The first kappa shape index (κ1) is 18.9. The summed E-state index contributed by atoms with van der Waals surface area (Å²) in [6.45, 7) is 3.90. The summed E-state index contributed by atoms with van der Waals surface area (Å²) in [4.78, 5) is 27.2. The molecule has 2 heterocycles. The number of carbonyl (C=O) groups excluding carboxylic acids is 2. The van der Waals surface area contributed by atoms with Gasteiger partial charge in [-0.2, -0.15) is 0 Å². The van der Waals surface area contributed by atoms with Crippen LogP contribution in [0.2, 0.25) is 5.02 Å². The molecule has 1 aromatic heterocycles. The SMILES string of the molecule is CC(=O)N1CCN(C(=O)CSc2nnc(Nc3cccc(Cl)c3)s2)CC1. The molecule has 0 bridgehead atoms. The summed E-state index contributed by atoms with van der Waals surface area (Å²) in [6.07, 6.45) is 0. The molecule has 1 aliphatic rings. The number of piperazine rings is 1. The van der Waals surface area contributed by atoms with Gasteiger partial charge in [-0.15, -0.1) is 10.2 Å². The van der Waals surface area contributed by atoms with Gasteiger partial charge in [-0.3, -0.25) is 9.59 Å². The topological polar surface area (TPSA) is 78.4 Å². The fourth-order valence-electron chi connectivity index (χ4n) is 2.49. The first-order chi connectivity index (χ1) is 12.5. The summed E-state index contributed by atoms with van der Waals surface area (Å²) in [5.74, 6) is 0.420. The van der Waals surface area contributed by atoms with Crippen molar-refractivity contribution in [2.45, 2.75) is 11.3 Å². The van der Waals surface area contributed by atoms with Crippen molar-refractivity contribution in [2.75, 3.05) is 37.2 Å². The lowest BCUT2D eigenvalue weighted by atomic mass is 10.3. The second kappa shape index (κ2) is 8.70. The number of benzene rings is 1. The van der Waals surface area contributed by atoms with Crippen LogP contribution in [0.5, 0.6) is 0 Å². The summed E-state index contributed by atoms with van der Waals surface area (Å²) in [5, 5.41) is 12.6. The normalized spacial score (nSPS) is 14.4. The van der Waals surface area contributed by atoms with Gasteiger partial charge < -0.3 is 15.1 Å². The van der Waals surface area contributed by atoms with Gasteiger partial charge in [0.05, 0.1) is 5.75 Å². The van der Waals surface area contributed by atoms with E-state index in [1.165, 1.54) is 23.1 Å². The van der Waals surface area contributed by atoms with Gasteiger partial charge in [0.2, 0.25) is 16.9 Å². The molecule has 1 aromatic carbocycles. The standard InChI is InChI=1S/C16H18ClN5O2S2/c1-11(23)21-5-7-22(8-6-21)14(24)10-25-16-20-19-15(26-16)18-13-4-2-3-12(17)9-13/h2-4,9H,5-8,10H2,1H3,(H,18,19). The fourth-order valence-corrected chi connectivity index (χ4v) is 4.36. The van der Waals surface area contributed by atoms with E-state index in [0.29, 0.717) is 42.1 Å². The Morgan fingerprint density at radius 1 is 1.23 bits per heavy atom. The van der Waals surface area contributed by atoms with Crippen LogP contribution in [0.4, 0.5) is 10.8 Å². The highest BCUT2D eigenvalue weighted by Gasteiger charge is 2.22. The van der Waals surface area contributed by atoms with E-state index < -0.39 is 0 Å². The van der Waals surface area contributed by atoms with Gasteiger partial charge in [0.15, 0.2) is 4.34 Å². The third-order valence-corrected chi connectivity index (χ3v) is 6.07. The maximum absolute atomic E-state index is 12.3. The summed E-state index contributed by atoms with van der Waals surface area (Å²) in [6, 6.07) is 7.35. The Hall–Kier alpha value is -1.84. The van der Waals surface area contributed by atoms with E-state index in [1.807, 2.05) is 12.1 Å². The van der Waals surface area contributed by atoms with Crippen molar-refractivity contribution >= 4 is 57.3 Å². The highest BCUT2D eigenvalue weighted by Crippen LogP contribution is 2.28. The van der Waals surface area contributed by atoms with Gasteiger partial charge in [-0.25, -0.2) is 0 Å². The second-order valence-electron chi connectivity index (χ2n) is 5.68. The number of hydrogen-bond donors (Lipinski definition) is 1. The van der Waals surface area contributed by atoms with Crippen LogP contribution in [0.15, 0.2) is 28.6 Å². The summed E-state index contributed by atoms with van der Waals surface area (Å²) in [7, 11) is 0. The average molecular weight is 412 g/mol. The third kappa shape index (κ3) is 5.09. The molecular weight excluding hydrogens is 394 g/mol. The van der Waals surface area contributed by atoms with Crippen LogP contribution >= 0.6 is 34.7 Å². The van der Waals surface area contributed by atoms with E-state index >= 15 is 0 Å². The molecule has 0 aliphatic carbocycles. The molecule has 0 atom stereocenters. The third-order valence-electron chi connectivity index (χ3n) is 3.88. The minimum absolute atomic E-state index is 0.0535. The van der Waals surface area contributed by atoms with E-state index in [1.54, 1.807) is 28.9 Å². The Morgan fingerprint density at radius 3 is 2.65 bits per heavy atom. The van der Waals surface area contributed by atoms with Gasteiger partial charge in [-0.1, -0.05) is 40.8 Å². The molecular formula is C16H18ClN5O2S2. The fraction of sp³-hybridized carbons (Fsp3) is 0.375. The number of anilines is 2. The van der Waals surface area contributed by atoms with Crippen molar-refractivity contribution in [3.63, 3.8) is 0 Å². The van der Waals surface area contributed by atoms with Gasteiger partial charge in [0.1, 0.15) is 0 Å². The van der Waals surface area contributed by atoms with Crippen LogP contribution in [-0.4, -0.2) is 63.7 Å². The van der Waals surface area contributed by atoms with Gasteiger partial charge in [0, 0.05) is 43.8 Å². The lowest BCUT2D eigenvalue weighted by Crippen LogP contribution is -2.50. The van der Waals surface area contributed by atoms with Crippen LogP contribution < -0.4 is 5.32 Å². The monoisotopic (exact) mass is 411 g/mol. The smallest absolute Gasteiger partial charge is 0.233 e. The molecule has 1 aliphatic heterocycles. The molecule has 1 saturated heterocycles. The van der Waals surface area contributed by atoms with Crippen molar-refractivity contribution in [3.05, 3.63) is 29.3 Å². The molecule has 0 spiro atoms. The zero-order chi connectivity index (χ0) is 18.5. The second-order valence-corrected chi connectivity index (χ2v) is 8.32. The van der Waals surface area contributed by atoms with Crippen molar-refractivity contribution < 1.29 is 9.59 Å². The highest BCUT2D eigenvalue weighted by atomic mass is 35.5. The largest absolute Gasteiger partial charge is 0.339 e. The van der Waals surface area contributed by atoms with E-state index in [-0.39, 0.29) is 11.8 Å². The van der Waals surface area contributed by atoms with Crippen LogP contribution in [0, 0.1) is 0 Å². The Labute approximate surface area is 164 Å². The maximum atomic E-state index is 12.3. The minimum atomic E-state index is 0.0535. The molecule has 2 amide bonds. The number of hydrogen-bond acceptors (Lipinski definition) is 7. The summed E-state index contributed by atoms with van der Waals surface area (Å²) < 4.78 is 0.727. The lowest BCUT2D eigenvalue weighted by Gasteiger charge is -2.34. The van der Waals surface area contributed by atoms with Gasteiger partial charge in [-0.05, 0) is 18.2 Å². The molecule has 3 rings (SSSR count). The first-order valence-corrected chi connectivity index (χ1v) is 10.2. The van der Waals surface area contributed by atoms with Crippen molar-refractivity contribution in [2.24, 2.45) is 0 Å². The number of halogens is 1. The average Bonchev–Trinajstić information content (AvgIpc) is 3.07. The number of carbonyl (C=O) groups is 2. The Kier molecular flexibility index (Phi) is 6.33. The molecule has 138 valence electrons. The minimum Gasteiger partial charge on any atom is -0.339 e. The molecule has 0 radical (unpaired) electrons. The van der Waals surface area contributed by atoms with Crippen LogP contribution in [0.1, 0.15) is 6.92 Å². The number of thioether (sulfide) groups is 1. The van der Waals surface area contributed by atoms with Gasteiger partial charge in [0.25, 0.3) is 0 Å². The molecule has 2 aromatic rings. The van der Waals surface area contributed by atoms with Crippen molar-refractivity contribution in [1.82, 2.24) is 20.0 Å². The number of nitrogens with one attached hydrogen (secondary N) is 1. The van der Waals surface area contributed by atoms with Crippen molar-refractivity contribution in [3.8, 4) is 0 Å². The predicted molar refractivity (Wildman–Crippen MR) is 104 cm³/mol. The zero-order valence-electron chi connectivity index (χ0n) is 14.1. The Balaban J connectivity index is 1.47. The molecule has 1 N–H and O–H groups in total. The van der Waals surface area contributed by atoms with Crippen molar-refractivity contribution in [1.29, 1.82) is 0 Å². The summed E-state index contributed by atoms with van der Waals surface area (Å²) in [5.41, 5.74) is 0.838. The predicted octanol–water partition coefficient (Wildman–Crippen LogP) is 2.72. The van der Waals surface area contributed by atoms with E-state index in [0.717, 1.165) is 10.0 Å². The molecule has 26 heavy (non-hydrogen) atoms. The Morgan fingerprint density at radius 2 is 1.96 bits per heavy atom.